The molecule has 2 aliphatic rings. The van der Waals surface area contributed by atoms with Crippen LogP contribution in [-0.2, 0) is 4.79 Å². The second kappa shape index (κ2) is 7.49. The number of para-hydroxylation sites is 1. The maximum absolute atomic E-state index is 12.4. The van der Waals surface area contributed by atoms with E-state index in [9.17, 15) is 9.59 Å². The number of amides is 2. The minimum Gasteiger partial charge on any atom is -0.410 e. The largest absolute Gasteiger partial charge is 0.412 e. The van der Waals surface area contributed by atoms with Gasteiger partial charge in [0, 0.05) is 25.0 Å². The molecule has 1 aliphatic heterocycles. The number of piperidine rings is 1. The van der Waals surface area contributed by atoms with Crippen LogP contribution < -0.4 is 10.1 Å². The van der Waals surface area contributed by atoms with Crippen molar-refractivity contribution in [3.8, 4) is 5.75 Å². The van der Waals surface area contributed by atoms with Gasteiger partial charge in [0.05, 0.1) is 0 Å². The molecular formula is C18H24N2O3. The Kier molecular flexibility index (Phi) is 5.16. The van der Waals surface area contributed by atoms with Gasteiger partial charge >= 0.3 is 6.09 Å². The van der Waals surface area contributed by atoms with Crippen molar-refractivity contribution in [1.29, 1.82) is 0 Å². The second-order valence-corrected chi connectivity index (χ2v) is 6.43. The Labute approximate surface area is 137 Å². The summed E-state index contributed by atoms with van der Waals surface area (Å²) in [5.41, 5.74) is 0. The molecule has 5 heteroatoms. The first-order valence-corrected chi connectivity index (χ1v) is 8.54. The van der Waals surface area contributed by atoms with Gasteiger partial charge in [-0.1, -0.05) is 31.0 Å². The van der Waals surface area contributed by atoms with Crippen LogP contribution in [0.25, 0.3) is 0 Å². The van der Waals surface area contributed by atoms with Crippen molar-refractivity contribution in [2.45, 2.75) is 44.6 Å². The Bertz CT molecular complexity index is 532. The van der Waals surface area contributed by atoms with E-state index in [0.717, 1.165) is 38.8 Å². The number of nitrogens with zero attached hydrogens (tertiary/aromatic N) is 1. The number of carbonyl (C=O) groups excluding carboxylic acids is 2. The van der Waals surface area contributed by atoms with E-state index < -0.39 is 6.09 Å². The highest BCUT2D eigenvalue weighted by atomic mass is 16.6. The SMILES string of the molecule is O=C(NC1CCN(C(=O)C2CCCC2)CC1)Oc1ccccc1. The molecule has 0 aromatic heterocycles. The summed E-state index contributed by atoms with van der Waals surface area (Å²) in [6.45, 7) is 1.46. The third-order valence-electron chi connectivity index (χ3n) is 4.79. The molecule has 0 atom stereocenters. The Balaban J connectivity index is 1.42. The molecule has 0 unspecified atom stereocenters. The van der Waals surface area contributed by atoms with E-state index in [1.807, 2.05) is 23.1 Å². The molecule has 1 N–H and O–H groups in total. The zero-order chi connectivity index (χ0) is 16.1. The van der Waals surface area contributed by atoms with Gasteiger partial charge < -0.3 is 15.0 Å². The topological polar surface area (TPSA) is 58.6 Å². The molecule has 2 fully saturated rings. The van der Waals surface area contributed by atoms with Crippen LogP contribution in [0.4, 0.5) is 4.79 Å². The van der Waals surface area contributed by atoms with Crippen molar-refractivity contribution in [1.82, 2.24) is 10.2 Å². The zero-order valence-corrected chi connectivity index (χ0v) is 13.4. The molecule has 1 saturated carbocycles. The average Bonchev–Trinajstić information content (AvgIpc) is 3.10. The van der Waals surface area contributed by atoms with Gasteiger partial charge in [-0.3, -0.25) is 4.79 Å². The molecule has 0 bridgehead atoms. The molecule has 1 heterocycles. The van der Waals surface area contributed by atoms with Gasteiger partial charge in [-0.05, 0) is 37.8 Å². The van der Waals surface area contributed by atoms with E-state index in [2.05, 4.69) is 5.32 Å². The van der Waals surface area contributed by atoms with Gasteiger partial charge in [-0.2, -0.15) is 0 Å². The normalized spacial score (nSPS) is 19.6. The minimum absolute atomic E-state index is 0.0823. The lowest BCUT2D eigenvalue weighted by atomic mass is 10.0. The minimum atomic E-state index is -0.420. The lowest BCUT2D eigenvalue weighted by Crippen LogP contribution is -2.48. The molecule has 23 heavy (non-hydrogen) atoms. The maximum Gasteiger partial charge on any atom is 0.412 e. The molecular weight excluding hydrogens is 292 g/mol. The Morgan fingerprint density at radius 3 is 2.30 bits per heavy atom. The highest BCUT2D eigenvalue weighted by molar-refractivity contribution is 5.79. The Morgan fingerprint density at radius 2 is 1.65 bits per heavy atom. The number of rotatable bonds is 3. The van der Waals surface area contributed by atoms with Crippen LogP contribution in [0.3, 0.4) is 0 Å². The molecule has 2 amide bonds. The zero-order valence-electron chi connectivity index (χ0n) is 13.4. The van der Waals surface area contributed by atoms with Gasteiger partial charge in [0.15, 0.2) is 0 Å². The van der Waals surface area contributed by atoms with Crippen LogP contribution in [0.1, 0.15) is 38.5 Å². The highest BCUT2D eigenvalue weighted by Crippen LogP contribution is 2.27. The van der Waals surface area contributed by atoms with E-state index in [-0.39, 0.29) is 12.0 Å². The predicted octanol–water partition coefficient (Wildman–Crippen LogP) is 2.96. The monoisotopic (exact) mass is 316 g/mol. The number of likely N-dealkylation sites (tertiary alicyclic amines) is 1. The lowest BCUT2D eigenvalue weighted by molar-refractivity contribution is -0.136. The molecule has 0 spiro atoms. The lowest BCUT2D eigenvalue weighted by Gasteiger charge is -2.33. The van der Waals surface area contributed by atoms with Crippen LogP contribution in [0.5, 0.6) is 5.75 Å². The number of nitrogens with one attached hydrogen (secondary N) is 1. The Morgan fingerprint density at radius 1 is 1.00 bits per heavy atom. The number of carbonyl (C=O) groups is 2. The van der Waals surface area contributed by atoms with Crippen LogP contribution in [0.15, 0.2) is 30.3 Å². The molecule has 124 valence electrons. The standard InChI is InChI=1S/C18H24N2O3/c21-17(14-6-4-5-7-14)20-12-10-15(11-13-20)19-18(22)23-16-8-2-1-3-9-16/h1-3,8-9,14-15H,4-7,10-13H2,(H,19,22). The molecule has 1 aromatic carbocycles. The van der Waals surface area contributed by atoms with E-state index in [0.29, 0.717) is 11.7 Å². The summed E-state index contributed by atoms with van der Waals surface area (Å²) in [4.78, 5) is 26.2. The summed E-state index contributed by atoms with van der Waals surface area (Å²) >= 11 is 0. The fraction of sp³-hybridized carbons (Fsp3) is 0.556. The summed E-state index contributed by atoms with van der Waals surface area (Å²) in [5.74, 6) is 1.09. The summed E-state index contributed by atoms with van der Waals surface area (Å²) in [5, 5.41) is 2.90. The van der Waals surface area contributed by atoms with Crippen molar-refractivity contribution >= 4 is 12.0 Å². The Hall–Kier alpha value is -2.04. The summed E-state index contributed by atoms with van der Waals surface area (Å²) in [7, 11) is 0. The van der Waals surface area contributed by atoms with E-state index in [4.69, 9.17) is 4.74 Å². The highest BCUT2D eigenvalue weighted by Gasteiger charge is 2.30. The van der Waals surface area contributed by atoms with Crippen molar-refractivity contribution in [3.63, 3.8) is 0 Å². The van der Waals surface area contributed by atoms with Gasteiger partial charge in [0.1, 0.15) is 5.75 Å². The van der Waals surface area contributed by atoms with Gasteiger partial charge in [0.25, 0.3) is 0 Å². The third-order valence-corrected chi connectivity index (χ3v) is 4.79. The fourth-order valence-corrected chi connectivity index (χ4v) is 3.47. The summed E-state index contributed by atoms with van der Waals surface area (Å²) in [6, 6.07) is 9.12. The van der Waals surface area contributed by atoms with Crippen LogP contribution >= 0.6 is 0 Å². The van der Waals surface area contributed by atoms with E-state index in [1.54, 1.807) is 12.1 Å². The van der Waals surface area contributed by atoms with Gasteiger partial charge in [-0.15, -0.1) is 0 Å². The molecule has 5 nitrogen and oxygen atoms in total. The van der Waals surface area contributed by atoms with E-state index in [1.165, 1.54) is 12.8 Å². The van der Waals surface area contributed by atoms with Crippen LogP contribution in [-0.4, -0.2) is 36.0 Å². The molecule has 1 aromatic rings. The van der Waals surface area contributed by atoms with Crippen molar-refractivity contribution in [2.24, 2.45) is 5.92 Å². The smallest absolute Gasteiger partial charge is 0.410 e. The summed E-state index contributed by atoms with van der Waals surface area (Å²) < 4.78 is 5.24. The molecule has 1 aliphatic carbocycles. The number of hydrogen-bond acceptors (Lipinski definition) is 3. The number of hydrogen-bond donors (Lipinski definition) is 1. The first-order chi connectivity index (χ1) is 11.2. The maximum atomic E-state index is 12.4. The van der Waals surface area contributed by atoms with Crippen LogP contribution in [0, 0.1) is 5.92 Å². The first kappa shape index (κ1) is 15.8. The van der Waals surface area contributed by atoms with Crippen molar-refractivity contribution < 1.29 is 14.3 Å². The van der Waals surface area contributed by atoms with Crippen molar-refractivity contribution in [2.75, 3.05) is 13.1 Å². The van der Waals surface area contributed by atoms with Crippen molar-refractivity contribution in [3.05, 3.63) is 30.3 Å². The van der Waals surface area contributed by atoms with E-state index >= 15 is 0 Å². The number of benzene rings is 1. The van der Waals surface area contributed by atoms with Gasteiger partial charge in [-0.25, -0.2) is 4.79 Å². The molecule has 3 rings (SSSR count). The average molecular weight is 316 g/mol. The second-order valence-electron chi connectivity index (χ2n) is 6.43. The summed E-state index contributed by atoms with van der Waals surface area (Å²) in [6.07, 6.45) is 5.61. The van der Waals surface area contributed by atoms with Crippen LogP contribution in [0.2, 0.25) is 0 Å². The molecule has 0 radical (unpaired) electrons. The first-order valence-electron chi connectivity index (χ1n) is 8.54. The number of ether oxygens (including phenoxy) is 1. The molecule has 1 saturated heterocycles. The quantitative estimate of drug-likeness (QED) is 0.932. The third kappa shape index (κ3) is 4.24. The predicted molar refractivity (Wildman–Crippen MR) is 87.2 cm³/mol. The fourth-order valence-electron chi connectivity index (χ4n) is 3.47. The van der Waals surface area contributed by atoms with Gasteiger partial charge in [0.2, 0.25) is 5.91 Å².